The molecule has 1 fully saturated rings. The minimum atomic E-state index is -3.74. The summed E-state index contributed by atoms with van der Waals surface area (Å²) in [5, 5.41) is 2.36. The first-order chi connectivity index (χ1) is 6.26. The highest BCUT2D eigenvalue weighted by molar-refractivity contribution is 7.85. The van der Waals surface area contributed by atoms with Gasteiger partial charge < -0.3 is 5.32 Å². The van der Waals surface area contributed by atoms with Gasteiger partial charge in [0.05, 0.1) is 11.4 Å². The van der Waals surface area contributed by atoms with Crippen LogP contribution in [0.2, 0.25) is 0 Å². The summed E-state index contributed by atoms with van der Waals surface area (Å²) in [4.78, 5) is 9.68. The lowest BCUT2D eigenvalue weighted by atomic mass is 10.2. The van der Waals surface area contributed by atoms with E-state index in [-0.39, 0.29) is 17.6 Å². The fourth-order valence-electron chi connectivity index (χ4n) is 0.583. The number of hydrogen-bond donors (Lipinski definition) is 2. The molecule has 0 aromatic carbocycles. The van der Waals surface area contributed by atoms with Crippen LogP contribution in [-0.2, 0) is 14.9 Å². The SMILES string of the molecule is C=C1NC1=O.CCC(C)CS(=O)(=O)O. The first kappa shape index (κ1) is 13.1. The summed E-state index contributed by atoms with van der Waals surface area (Å²) < 4.78 is 28.6. The molecule has 14 heavy (non-hydrogen) atoms. The lowest BCUT2D eigenvalue weighted by molar-refractivity contribution is -0.109. The summed E-state index contributed by atoms with van der Waals surface area (Å²) in [6.07, 6.45) is 0.778. The third kappa shape index (κ3) is 7.75. The maximum atomic E-state index is 10.2. The quantitative estimate of drug-likeness (QED) is 0.413. The van der Waals surface area contributed by atoms with Crippen molar-refractivity contribution >= 4 is 16.0 Å². The Kier molecular flexibility index (Phi) is 4.79. The van der Waals surface area contributed by atoms with E-state index in [4.69, 9.17) is 4.55 Å². The van der Waals surface area contributed by atoms with Crippen LogP contribution in [0, 0.1) is 5.92 Å². The normalized spacial score (nSPS) is 16.5. The van der Waals surface area contributed by atoms with Crippen LogP contribution < -0.4 is 5.32 Å². The second kappa shape index (κ2) is 5.11. The Morgan fingerprint density at radius 1 is 1.57 bits per heavy atom. The molecule has 1 heterocycles. The second-order valence-corrected chi connectivity index (χ2v) is 4.69. The van der Waals surface area contributed by atoms with Crippen LogP contribution in [0.25, 0.3) is 0 Å². The molecule has 1 saturated heterocycles. The van der Waals surface area contributed by atoms with Crippen LogP contribution >= 0.6 is 0 Å². The highest BCUT2D eigenvalue weighted by Gasteiger charge is 2.20. The summed E-state index contributed by atoms with van der Waals surface area (Å²) in [5.41, 5.74) is 0.532. The molecule has 0 aliphatic carbocycles. The molecule has 6 heteroatoms. The van der Waals surface area contributed by atoms with Crippen LogP contribution in [0.15, 0.2) is 12.3 Å². The van der Waals surface area contributed by atoms with Crippen LogP contribution in [0.1, 0.15) is 20.3 Å². The van der Waals surface area contributed by atoms with Crippen LogP contribution in [0.4, 0.5) is 0 Å². The number of amides is 1. The molecule has 0 spiro atoms. The van der Waals surface area contributed by atoms with Gasteiger partial charge in [0.25, 0.3) is 16.0 Å². The Morgan fingerprint density at radius 3 is 2.00 bits per heavy atom. The standard InChI is InChI=1S/C5H12O3S.C3H3NO/c1-3-5(2)4-9(6,7)8;1-2-3(5)4-2/h5H,3-4H2,1-2H3,(H,6,7,8);1H2,(H,4,5). The van der Waals surface area contributed by atoms with Gasteiger partial charge in [0.2, 0.25) is 0 Å². The Bertz CT molecular complexity index is 308. The molecule has 0 bridgehead atoms. The molecule has 1 aliphatic heterocycles. The molecule has 5 nitrogen and oxygen atoms in total. The number of nitrogens with one attached hydrogen (secondary N) is 1. The Morgan fingerprint density at radius 2 is 1.93 bits per heavy atom. The van der Waals surface area contributed by atoms with Gasteiger partial charge in [-0.05, 0) is 5.92 Å². The minimum absolute atomic E-state index is 0.0231. The zero-order chi connectivity index (χ0) is 11.4. The zero-order valence-corrected chi connectivity index (χ0v) is 9.10. The van der Waals surface area contributed by atoms with Crippen molar-refractivity contribution in [3.8, 4) is 0 Å². The first-order valence-corrected chi connectivity index (χ1v) is 5.82. The van der Waals surface area contributed by atoms with E-state index >= 15 is 0 Å². The van der Waals surface area contributed by atoms with E-state index in [1.807, 2.05) is 6.92 Å². The highest BCUT2D eigenvalue weighted by atomic mass is 32.2. The van der Waals surface area contributed by atoms with Gasteiger partial charge >= 0.3 is 0 Å². The fraction of sp³-hybridized carbons (Fsp3) is 0.625. The Balaban J connectivity index is 0.000000280. The zero-order valence-electron chi connectivity index (χ0n) is 8.28. The first-order valence-electron chi connectivity index (χ1n) is 4.21. The van der Waals surface area contributed by atoms with Crippen molar-refractivity contribution in [2.45, 2.75) is 20.3 Å². The van der Waals surface area contributed by atoms with Gasteiger partial charge in [-0.1, -0.05) is 26.8 Å². The molecule has 0 saturated carbocycles. The summed E-state index contributed by atoms with van der Waals surface area (Å²) in [6, 6.07) is 0. The van der Waals surface area contributed by atoms with Crippen molar-refractivity contribution in [3.63, 3.8) is 0 Å². The molecule has 1 unspecified atom stereocenters. The Labute approximate surface area is 83.9 Å². The van der Waals surface area contributed by atoms with Gasteiger partial charge in [-0.2, -0.15) is 8.42 Å². The minimum Gasteiger partial charge on any atom is -0.317 e. The summed E-state index contributed by atoms with van der Waals surface area (Å²) in [6.45, 7) is 6.96. The number of hydrogen-bond acceptors (Lipinski definition) is 3. The fourth-order valence-corrected chi connectivity index (χ4v) is 1.54. The predicted octanol–water partition coefficient (Wildman–Crippen LogP) is 0.550. The molecule has 1 amide bonds. The molecule has 2 N–H and O–H groups in total. The third-order valence-corrected chi connectivity index (χ3v) is 2.66. The van der Waals surface area contributed by atoms with E-state index in [9.17, 15) is 13.2 Å². The Hall–Kier alpha value is -0.880. The van der Waals surface area contributed by atoms with Crippen molar-refractivity contribution in [3.05, 3.63) is 12.3 Å². The van der Waals surface area contributed by atoms with Crippen molar-refractivity contribution in [1.29, 1.82) is 0 Å². The maximum Gasteiger partial charge on any atom is 0.271 e. The molecule has 1 atom stereocenters. The molecule has 0 aromatic rings. The maximum absolute atomic E-state index is 10.2. The van der Waals surface area contributed by atoms with Crippen molar-refractivity contribution in [2.75, 3.05) is 5.75 Å². The van der Waals surface area contributed by atoms with E-state index < -0.39 is 10.1 Å². The van der Waals surface area contributed by atoms with E-state index in [0.29, 0.717) is 5.70 Å². The molecule has 1 aliphatic rings. The van der Waals surface area contributed by atoms with Gasteiger partial charge in [-0.25, -0.2) is 0 Å². The molecular formula is C8H15NO4S. The van der Waals surface area contributed by atoms with Gasteiger partial charge in [0.1, 0.15) is 0 Å². The van der Waals surface area contributed by atoms with Crippen LogP contribution in [0.5, 0.6) is 0 Å². The van der Waals surface area contributed by atoms with E-state index in [1.165, 1.54) is 0 Å². The third-order valence-electron chi connectivity index (χ3n) is 1.67. The van der Waals surface area contributed by atoms with Gasteiger partial charge in [0.15, 0.2) is 0 Å². The van der Waals surface area contributed by atoms with Gasteiger partial charge in [-0.3, -0.25) is 9.35 Å². The molecule has 82 valence electrons. The smallest absolute Gasteiger partial charge is 0.271 e. The number of rotatable bonds is 3. The van der Waals surface area contributed by atoms with Crippen molar-refractivity contribution < 1.29 is 17.8 Å². The van der Waals surface area contributed by atoms with Crippen molar-refractivity contribution in [1.82, 2.24) is 5.32 Å². The van der Waals surface area contributed by atoms with Crippen molar-refractivity contribution in [2.24, 2.45) is 5.92 Å². The molecule has 0 radical (unpaired) electrons. The second-order valence-electron chi connectivity index (χ2n) is 3.19. The summed E-state index contributed by atoms with van der Waals surface area (Å²) in [7, 11) is -3.74. The average molecular weight is 221 g/mol. The topological polar surface area (TPSA) is 93.4 Å². The largest absolute Gasteiger partial charge is 0.317 e. The molecule has 1 rings (SSSR count). The molecular weight excluding hydrogens is 206 g/mol. The van der Waals surface area contributed by atoms with Crippen LogP contribution in [0.3, 0.4) is 0 Å². The molecule has 0 aromatic heterocycles. The highest BCUT2D eigenvalue weighted by Crippen LogP contribution is 2.02. The number of carbonyl (C=O) groups is 1. The van der Waals surface area contributed by atoms with Crippen LogP contribution in [-0.4, -0.2) is 24.6 Å². The lowest BCUT2D eigenvalue weighted by Crippen LogP contribution is -2.11. The van der Waals surface area contributed by atoms with E-state index in [0.717, 1.165) is 6.42 Å². The van der Waals surface area contributed by atoms with E-state index in [1.54, 1.807) is 6.92 Å². The monoisotopic (exact) mass is 221 g/mol. The summed E-state index contributed by atoms with van der Waals surface area (Å²) >= 11 is 0. The lowest BCUT2D eigenvalue weighted by Gasteiger charge is -2.02. The predicted molar refractivity (Wildman–Crippen MR) is 53.2 cm³/mol. The summed E-state index contributed by atoms with van der Waals surface area (Å²) in [5.74, 6) is -0.0891. The van der Waals surface area contributed by atoms with E-state index in [2.05, 4.69) is 11.9 Å². The van der Waals surface area contributed by atoms with Gasteiger partial charge in [-0.15, -0.1) is 0 Å². The van der Waals surface area contributed by atoms with Gasteiger partial charge in [0, 0.05) is 0 Å². The number of carbonyl (C=O) groups excluding carboxylic acids is 1. The average Bonchev–Trinajstić information content (AvgIpc) is 2.62.